The van der Waals surface area contributed by atoms with E-state index in [1.807, 2.05) is 0 Å². The number of unbranched alkanes of at least 4 members (excludes halogenated alkanes) is 46. The molecular formula is C83H162O17P2. The van der Waals surface area contributed by atoms with Gasteiger partial charge in [-0.2, -0.15) is 0 Å². The van der Waals surface area contributed by atoms with Gasteiger partial charge in [0, 0.05) is 25.7 Å². The SMILES string of the molecule is CC(C)CCCCCCCCCCCCCCCCCCC(=O)O[C@H](COC(=O)CCCCCCCCCCCCCCCCC(C)C)COP(=O)(O)OC[C@@H](O)COP(=O)(O)OC[C@@H](COC(=O)CCCCCCCCCCCC(C)C)OC(=O)CCCCCCCCCCCCCC(C)C. The molecule has 3 N–H and O–H groups in total. The van der Waals surface area contributed by atoms with Crippen molar-refractivity contribution in [3.05, 3.63) is 0 Å². The van der Waals surface area contributed by atoms with E-state index < -0.39 is 97.5 Å². The van der Waals surface area contributed by atoms with Crippen LogP contribution in [0.1, 0.15) is 428 Å². The van der Waals surface area contributed by atoms with Crippen LogP contribution in [0.15, 0.2) is 0 Å². The Kier molecular flexibility index (Phi) is 70.6. The molecule has 0 aliphatic heterocycles. The lowest BCUT2D eigenvalue weighted by molar-refractivity contribution is -0.161. The molecule has 17 nitrogen and oxygen atoms in total. The van der Waals surface area contributed by atoms with E-state index in [1.54, 1.807) is 0 Å². The molecule has 0 heterocycles. The molecule has 0 aromatic heterocycles. The van der Waals surface area contributed by atoms with E-state index in [0.717, 1.165) is 114 Å². The van der Waals surface area contributed by atoms with Crippen LogP contribution in [0.25, 0.3) is 0 Å². The number of phosphoric acid groups is 2. The van der Waals surface area contributed by atoms with Crippen molar-refractivity contribution in [3.63, 3.8) is 0 Å². The summed E-state index contributed by atoms with van der Waals surface area (Å²) in [5.41, 5.74) is 0. The van der Waals surface area contributed by atoms with Crippen LogP contribution in [0.3, 0.4) is 0 Å². The zero-order chi connectivity index (χ0) is 75.3. The average Bonchev–Trinajstić information content (AvgIpc) is 0.920. The number of aliphatic hydroxyl groups is 1. The summed E-state index contributed by atoms with van der Waals surface area (Å²) in [6, 6.07) is 0. The number of carbonyl (C=O) groups excluding carboxylic acids is 4. The van der Waals surface area contributed by atoms with Crippen LogP contribution in [-0.4, -0.2) is 96.7 Å². The Balaban J connectivity index is 5.26. The minimum absolute atomic E-state index is 0.106. The van der Waals surface area contributed by atoms with Gasteiger partial charge in [0.25, 0.3) is 0 Å². The Hall–Kier alpha value is -1.94. The van der Waals surface area contributed by atoms with Gasteiger partial charge in [-0.05, 0) is 49.4 Å². The van der Waals surface area contributed by atoms with Gasteiger partial charge >= 0.3 is 39.5 Å². The Morgan fingerprint density at radius 1 is 0.245 bits per heavy atom. The average molecular weight is 1490 g/mol. The fraction of sp³-hybridized carbons (Fsp3) is 0.952. The Morgan fingerprint density at radius 3 is 0.608 bits per heavy atom. The molecule has 0 aliphatic carbocycles. The quantitative estimate of drug-likeness (QED) is 0.0222. The van der Waals surface area contributed by atoms with Crippen LogP contribution in [0, 0.1) is 23.7 Å². The van der Waals surface area contributed by atoms with E-state index in [4.69, 9.17) is 37.0 Å². The first-order valence-corrected chi connectivity index (χ1v) is 45.7. The number of esters is 4. The molecule has 0 aromatic rings. The minimum Gasteiger partial charge on any atom is -0.462 e. The predicted molar refractivity (Wildman–Crippen MR) is 418 cm³/mol. The van der Waals surface area contributed by atoms with Gasteiger partial charge in [0.1, 0.15) is 19.3 Å². The van der Waals surface area contributed by atoms with Crippen LogP contribution < -0.4 is 0 Å². The predicted octanol–water partition coefficient (Wildman–Crippen LogP) is 24.8. The van der Waals surface area contributed by atoms with Crippen LogP contribution >= 0.6 is 15.6 Å². The molecule has 0 fully saturated rings. The van der Waals surface area contributed by atoms with Crippen molar-refractivity contribution in [3.8, 4) is 0 Å². The molecule has 102 heavy (non-hydrogen) atoms. The van der Waals surface area contributed by atoms with E-state index in [2.05, 4.69) is 55.4 Å². The molecule has 2 unspecified atom stereocenters. The summed E-state index contributed by atoms with van der Waals surface area (Å²) in [4.78, 5) is 73.1. The Bertz CT molecular complexity index is 1990. The van der Waals surface area contributed by atoms with Crippen molar-refractivity contribution in [1.29, 1.82) is 0 Å². The lowest BCUT2D eigenvalue weighted by Crippen LogP contribution is -2.30. The van der Waals surface area contributed by atoms with Crippen molar-refractivity contribution in [1.82, 2.24) is 0 Å². The molecule has 606 valence electrons. The normalized spacial score (nSPS) is 14.0. The van der Waals surface area contributed by atoms with Gasteiger partial charge in [-0.15, -0.1) is 0 Å². The van der Waals surface area contributed by atoms with Crippen LogP contribution in [0.2, 0.25) is 0 Å². The van der Waals surface area contributed by atoms with E-state index in [0.29, 0.717) is 25.7 Å². The highest BCUT2D eigenvalue weighted by atomic mass is 31.2. The smallest absolute Gasteiger partial charge is 0.462 e. The zero-order valence-corrected chi connectivity index (χ0v) is 69.0. The molecule has 5 atom stereocenters. The van der Waals surface area contributed by atoms with Gasteiger partial charge in [0.2, 0.25) is 0 Å². The number of hydrogen-bond donors (Lipinski definition) is 3. The summed E-state index contributed by atoms with van der Waals surface area (Å²) in [5.74, 6) is 1.01. The number of hydrogen-bond acceptors (Lipinski definition) is 15. The molecular weight excluding hydrogens is 1330 g/mol. The second kappa shape index (κ2) is 72.0. The lowest BCUT2D eigenvalue weighted by Gasteiger charge is -2.21. The molecule has 0 aromatic carbocycles. The Labute approximate surface area is 626 Å². The van der Waals surface area contributed by atoms with Crippen LogP contribution in [-0.2, 0) is 65.4 Å². The van der Waals surface area contributed by atoms with Gasteiger partial charge < -0.3 is 33.8 Å². The molecule has 0 saturated heterocycles. The standard InChI is InChI=1S/C83H162O17P2/c1-73(2)59-51-43-35-27-20-15-11-9-10-12-18-24-32-41-49-57-65-82(87)99-78(69-93-80(85)63-55-47-39-31-23-17-14-13-16-21-28-36-44-52-60-74(3)4)71-97-101(89,90)95-67-77(84)68-96-102(91,92)98-72-79(70-94-81(86)64-56-48-40-34-26-30-38-46-54-62-76(7)8)100-83(88)66-58-50-42-33-25-19-22-29-37-45-53-61-75(5)6/h73-79,84H,9-72H2,1-8H3,(H,89,90)(H,91,92)/t77-,78-,79-/m1/s1. The van der Waals surface area contributed by atoms with Crippen molar-refractivity contribution in [2.24, 2.45) is 23.7 Å². The highest BCUT2D eigenvalue weighted by molar-refractivity contribution is 7.47. The first-order chi connectivity index (χ1) is 49.1. The fourth-order valence-electron chi connectivity index (χ4n) is 12.8. The largest absolute Gasteiger partial charge is 0.472 e. The molecule has 0 bridgehead atoms. The van der Waals surface area contributed by atoms with Crippen molar-refractivity contribution in [2.45, 2.75) is 446 Å². The van der Waals surface area contributed by atoms with Crippen molar-refractivity contribution < 1.29 is 80.2 Å². The number of rotatable bonds is 80. The highest BCUT2D eigenvalue weighted by Crippen LogP contribution is 2.45. The molecule has 0 radical (unpaired) electrons. The van der Waals surface area contributed by atoms with Gasteiger partial charge in [-0.1, -0.05) is 376 Å². The third kappa shape index (κ3) is 76.3. The Morgan fingerprint density at radius 2 is 0.412 bits per heavy atom. The van der Waals surface area contributed by atoms with Gasteiger partial charge in [0.05, 0.1) is 26.4 Å². The molecule has 0 amide bonds. The zero-order valence-electron chi connectivity index (χ0n) is 67.2. The number of carbonyl (C=O) groups is 4. The third-order valence-electron chi connectivity index (χ3n) is 19.3. The number of ether oxygens (including phenoxy) is 4. The summed E-state index contributed by atoms with van der Waals surface area (Å²) in [5, 5.41) is 10.7. The topological polar surface area (TPSA) is 237 Å². The maximum atomic E-state index is 13.1. The molecule has 0 spiro atoms. The van der Waals surface area contributed by atoms with Crippen LogP contribution in [0.4, 0.5) is 0 Å². The van der Waals surface area contributed by atoms with Crippen LogP contribution in [0.5, 0.6) is 0 Å². The molecule has 0 rings (SSSR count). The van der Waals surface area contributed by atoms with E-state index in [9.17, 15) is 43.2 Å². The monoisotopic (exact) mass is 1490 g/mol. The third-order valence-corrected chi connectivity index (χ3v) is 21.2. The van der Waals surface area contributed by atoms with E-state index >= 15 is 0 Å². The second-order valence-corrected chi connectivity index (χ2v) is 34.7. The minimum atomic E-state index is -4.96. The fourth-order valence-corrected chi connectivity index (χ4v) is 14.4. The molecule has 0 aliphatic rings. The van der Waals surface area contributed by atoms with Gasteiger partial charge in [-0.25, -0.2) is 9.13 Å². The summed E-state index contributed by atoms with van der Waals surface area (Å²) in [6.45, 7) is 14.3. The summed E-state index contributed by atoms with van der Waals surface area (Å²) in [7, 11) is -9.93. The maximum Gasteiger partial charge on any atom is 0.472 e. The van der Waals surface area contributed by atoms with Gasteiger partial charge in [-0.3, -0.25) is 37.3 Å². The number of phosphoric ester groups is 2. The molecule has 0 saturated carbocycles. The summed E-state index contributed by atoms with van der Waals surface area (Å²) in [6.07, 6.45) is 59.6. The van der Waals surface area contributed by atoms with Crippen molar-refractivity contribution >= 4 is 39.5 Å². The van der Waals surface area contributed by atoms with Gasteiger partial charge in [0.15, 0.2) is 12.2 Å². The maximum absolute atomic E-state index is 13.1. The summed E-state index contributed by atoms with van der Waals surface area (Å²) >= 11 is 0. The first-order valence-electron chi connectivity index (χ1n) is 42.7. The molecule has 19 heteroatoms. The second-order valence-electron chi connectivity index (χ2n) is 31.8. The summed E-state index contributed by atoms with van der Waals surface area (Å²) < 4.78 is 68.8. The first kappa shape index (κ1) is 100. The number of aliphatic hydroxyl groups excluding tert-OH is 1. The highest BCUT2D eigenvalue weighted by Gasteiger charge is 2.30. The van der Waals surface area contributed by atoms with E-state index in [1.165, 1.54) is 231 Å². The lowest BCUT2D eigenvalue weighted by atomic mass is 10.0. The van der Waals surface area contributed by atoms with Crippen molar-refractivity contribution in [2.75, 3.05) is 39.6 Å². The van der Waals surface area contributed by atoms with E-state index in [-0.39, 0.29) is 25.7 Å².